The van der Waals surface area contributed by atoms with Gasteiger partial charge in [-0.2, -0.15) is 5.10 Å². The van der Waals surface area contributed by atoms with Gasteiger partial charge in [0.15, 0.2) is 0 Å². The van der Waals surface area contributed by atoms with Gasteiger partial charge in [0.05, 0.1) is 11.2 Å². The summed E-state index contributed by atoms with van der Waals surface area (Å²) in [6.45, 7) is 1.21. The fourth-order valence-corrected chi connectivity index (χ4v) is 1.36. The molecule has 0 aliphatic rings. The number of aliphatic hydroxyl groups is 1. The Kier molecular flexibility index (Phi) is 4.86. The molecule has 0 bridgehead atoms. The number of halogens is 1. The van der Waals surface area contributed by atoms with Crippen LogP contribution >= 0.6 is 11.6 Å². The van der Waals surface area contributed by atoms with Crippen LogP contribution in [0, 0.1) is 0 Å². The van der Waals surface area contributed by atoms with Gasteiger partial charge in [0, 0.05) is 19.3 Å². The summed E-state index contributed by atoms with van der Waals surface area (Å²) in [5, 5.41) is 13.3. The molecule has 74 valence electrons. The van der Waals surface area contributed by atoms with Crippen molar-refractivity contribution in [3.8, 4) is 0 Å². The molecule has 0 amide bonds. The van der Waals surface area contributed by atoms with Crippen molar-refractivity contribution in [2.24, 2.45) is 0 Å². The molecule has 1 N–H and O–H groups in total. The highest BCUT2D eigenvalue weighted by Crippen LogP contribution is 2.06. The Labute approximate surface area is 83.3 Å². The van der Waals surface area contributed by atoms with Gasteiger partial charge >= 0.3 is 0 Å². The van der Waals surface area contributed by atoms with Crippen LogP contribution in [0.15, 0.2) is 12.4 Å². The van der Waals surface area contributed by atoms with Crippen molar-refractivity contribution in [3.05, 3.63) is 17.4 Å². The smallest absolute Gasteiger partial charge is 0.0785 e. The van der Waals surface area contributed by atoms with Crippen LogP contribution in [-0.4, -0.2) is 21.5 Å². The summed E-state index contributed by atoms with van der Waals surface area (Å²) >= 11 is 5.71. The molecule has 13 heavy (non-hydrogen) atoms. The Hall–Kier alpha value is -0.540. The second-order valence-electron chi connectivity index (χ2n) is 3.06. The average molecular weight is 203 g/mol. The predicted molar refractivity (Wildman–Crippen MR) is 52.8 cm³/mol. The summed E-state index contributed by atoms with van der Waals surface area (Å²) in [7, 11) is 0. The van der Waals surface area contributed by atoms with E-state index >= 15 is 0 Å². The molecule has 0 unspecified atom stereocenters. The number of hydrogen-bond acceptors (Lipinski definition) is 2. The predicted octanol–water partition coefficient (Wildman–Crippen LogP) is 2.09. The highest BCUT2D eigenvalue weighted by molar-refractivity contribution is 6.30. The van der Waals surface area contributed by atoms with E-state index in [4.69, 9.17) is 16.7 Å². The number of rotatable bonds is 6. The lowest BCUT2D eigenvalue weighted by molar-refractivity contribution is 0.282. The number of aliphatic hydroxyl groups excluding tert-OH is 1. The number of aromatic nitrogens is 2. The summed E-state index contributed by atoms with van der Waals surface area (Å²) in [5.41, 5.74) is 0. The monoisotopic (exact) mass is 202 g/mol. The Balaban J connectivity index is 2.06. The van der Waals surface area contributed by atoms with Crippen LogP contribution < -0.4 is 0 Å². The molecule has 4 heteroatoms. The molecular weight excluding hydrogens is 188 g/mol. The van der Waals surface area contributed by atoms with Gasteiger partial charge in [-0.3, -0.25) is 4.68 Å². The quantitative estimate of drug-likeness (QED) is 0.718. The van der Waals surface area contributed by atoms with Crippen LogP contribution in [0.25, 0.3) is 0 Å². The average Bonchev–Trinajstić information content (AvgIpc) is 2.51. The fraction of sp³-hybridized carbons (Fsp3) is 0.667. The Morgan fingerprint density at radius 1 is 1.31 bits per heavy atom. The summed E-state index contributed by atoms with van der Waals surface area (Å²) < 4.78 is 1.85. The van der Waals surface area contributed by atoms with Crippen molar-refractivity contribution in [1.29, 1.82) is 0 Å². The van der Waals surface area contributed by atoms with Crippen molar-refractivity contribution in [1.82, 2.24) is 9.78 Å². The molecule has 0 saturated heterocycles. The van der Waals surface area contributed by atoms with E-state index in [1.807, 2.05) is 10.9 Å². The molecule has 1 rings (SSSR count). The molecular formula is C9H15ClN2O. The first-order chi connectivity index (χ1) is 6.33. The van der Waals surface area contributed by atoms with Crippen molar-refractivity contribution in [3.63, 3.8) is 0 Å². The van der Waals surface area contributed by atoms with E-state index in [1.54, 1.807) is 6.20 Å². The normalized spacial score (nSPS) is 10.6. The van der Waals surface area contributed by atoms with Crippen LogP contribution in [0.4, 0.5) is 0 Å². The van der Waals surface area contributed by atoms with Crippen LogP contribution in [0.3, 0.4) is 0 Å². The summed E-state index contributed by atoms with van der Waals surface area (Å²) in [6, 6.07) is 0. The minimum Gasteiger partial charge on any atom is -0.396 e. The molecule has 0 aromatic carbocycles. The van der Waals surface area contributed by atoms with E-state index in [0.717, 1.165) is 32.2 Å². The first kappa shape index (κ1) is 10.5. The van der Waals surface area contributed by atoms with E-state index in [2.05, 4.69) is 5.10 Å². The summed E-state index contributed by atoms with van der Waals surface area (Å²) in [6.07, 6.45) is 7.70. The van der Waals surface area contributed by atoms with Crippen LogP contribution in [-0.2, 0) is 6.54 Å². The lowest BCUT2D eigenvalue weighted by Gasteiger charge is -2.00. The first-order valence-corrected chi connectivity index (χ1v) is 4.99. The molecule has 0 aliphatic heterocycles. The minimum atomic E-state index is 0.299. The Bertz CT molecular complexity index is 237. The molecule has 0 saturated carbocycles. The van der Waals surface area contributed by atoms with E-state index in [0.29, 0.717) is 11.6 Å². The van der Waals surface area contributed by atoms with Gasteiger partial charge in [-0.25, -0.2) is 0 Å². The first-order valence-electron chi connectivity index (χ1n) is 4.62. The summed E-state index contributed by atoms with van der Waals surface area (Å²) in [4.78, 5) is 0. The standard InChI is InChI=1S/C9H15ClN2O/c10-9-7-11-12(8-9)5-3-1-2-4-6-13/h7-8,13H,1-6H2. The maximum absolute atomic E-state index is 8.55. The van der Waals surface area contributed by atoms with Crippen molar-refractivity contribution in [2.45, 2.75) is 32.2 Å². The molecule has 1 aromatic heterocycles. The Morgan fingerprint density at radius 2 is 2.08 bits per heavy atom. The number of aryl methyl sites for hydroxylation is 1. The molecule has 0 aliphatic carbocycles. The fourth-order valence-electron chi connectivity index (χ4n) is 1.20. The number of unbranched alkanes of at least 4 members (excludes halogenated alkanes) is 3. The molecule has 1 heterocycles. The van der Waals surface area contributed by atoms with E-state index in [-0.39, 0.29) is 0 Å². The lowest BCUT2D eigenvalue weighted by Crippen LogP contribution is -1.98. The SMILES string of the molecule is OCCCCCCn1cc(Cl)cn1. The molecule has 0 spiro atoms. The van der Waals surface area contributed by atoms with Crippen molar-refractivity contribution < 1.29 is 5.11 Å². The maximum atomic E-state index is 8.55. The molecule has 1 aromatic rings. The summed E-state index contributed by atoms with van der Waals surface area (Å²) in [5.74, 6) is 0. The number of hydrogen-bond donors (Lipinski definition) is 1. The topological polar surface area (TPSA) is 38.0 Å². The third-order valence-corrected chi connectivity index (χ3v) is 2.09. The molecule has 0 fully saturated rings. The van der Waals surface area contributed by atoms with E-state index in [1.165, 1.54) is 0 Å². The van der Waals surface area contributed by atoms with Crippen LogP contribution in [0.5, 0.6) is 0 Å². The van der Waals surface area contributed by atoms with Crippen molar-refractivity contribution >= 4 is 11.6 Å². The number of nitrogens with zero attached hydrogens (tertiary/aromatic N) is 2. The second kappa shape index (κ2) is 6.00. The van der Waals surface area contributed by atoms with Gasteiger partial charge < -0.3 is 5.11 Å². The molecule has 0 radical (unpaired) electrons. The zero-order valence-electron chi connectivity index (χ0n) is 7.62. The highest BCUT2D eigenvalue weighted by Gasteiger charge is 1.94. The lowest BCUT2D eigenvalue weighted by atomic mass is 10.2. The van der Waals surface area contributed by atoms with Gasteiger partial charge in [0.25, 0.3) is 0 Å². The largest absolute Gasteiger partial charge is 0.396 e. The zero-order valence-corrected chi connectivity index (χ0v) is 8.37. The zero-order chi connectivity index (χ0) is 9.52. The van der Waals surface area contributed by atoms with Gasteiger partial charge in [0.2, 0.25) is 0 Å². The van der Waals surface area contributed by atoms with E-state index < -0.39 is 0 Å². The van der Waals surface area contributed by atoms with Gasteiger partial charge in [0.1, 0.15) is 0 Å². The second-order valence-corrected chi connectivity index (χ2v) is 3.50. The van der Waals surface area contributed by atoms with Gasteiger partial charge in [-0.15, -0.1) is 0 Å². The molecule has 0 atom stereocenters. The minimum absolute atomic E-state index is 0.299. The van der Waals surface area contributed by atoms with Crippen LogP contribution in [0.2, 0.25) is 5.02 Å². The third-order valence-electron chi connectivity index (χ3n) is 1.90. The third kappa shape index (κ3) is 4.29. The van der Waals surface area contributed by atoms with Crippen molar-refractivity contribution in [2.75, 3.05) is 6.61 Å². The van der Waals surface area contributed by atoms with Gasteiger partial charge in [-0.05, 0) is 12.8 Å². The molecule has 3 nitrogen and oxygen atoms in total. The Morgan fingerprint density at radius 3 is 2.69 bits per heavy atom. The highest BCUT2D eigenvalue weighted by atomic mass is 35.5. The van der Waals surface area contributed by atoms with Gasteiger partial charge in [-0.1, -0.05) is 24.4 Å². The van der Waals surface area contributed by atoms with E-state index in [9.17, 15) is 0 Å². The van der Waals surface area contributed by atoms with Crippen LogP contribution in [0.1, 0.15) is 25.7 Å². The maximum Gasteiger partial charge on any atom is 0.0785 e.